The normalized spacial score (nSPS) is 10.7. The SMILES string of the molecule is O=C(COC(=O)c1ccc(=O)n(Cc2ccccc2)n1)Nc1ccc(N=Nc2ccccc2)cc1. The zero-order chi connectivity index (χ0) is 24.5. The van der Waals surface area contributed by atoms with Gasteiger partial charge in [-0.2, -0.15) is 15.3 Å². The minimum Gasteiger partial charge on any atom is -0.451 e. The predicted octanol–water partition coefficient (Wildman–Crippen LogP) is 4.50. The second kappa shape index (κ2) is 11.3. The molecule has 1 amide bonds. The van der Waals surface area contributed by atoms with E-state index in [1.54, 1.807) is 24.3 Å². The maximum Gasteiger partial charge on any atom is 0.359 e. The van der Waals surface area contributed by atoms with Crippen molar-refractivity contribution in [3.8, 4) is 0 Å². The third kappa shape index (κ3) is 6.78. The number of carbonyl (C=O) groups is 2. The Morgan fingerprint density at radius 3 is 2.11 bits per heavy atom. The summed E-state index contributed by atoms with van der Waals surface area (Å²) in [6.45, 7) is -0.296. The zero-order valence-electron chi connectivity index (χ0n) is 18.6. The number of nitrogens with one attached hydrogen (secondary N) is 1. The number of aromatic nitrogens is 2. The smallest absolute Gasteiger partial charge is 0.359 e. The molecule has 1 N–H and O–H groups in total. The Bertz CT molecular complexity index is 1380. The quantitative estimate of drug-likeness (QED) is 0.303. The number of hydrogen-bond acceptors (Lipinski definition) is 7. The van der Waals surface area contributed by atoms with Gasteiger partial charge >= 0.3 is 5.97 Å². The van der Waals surface area contributed by atoms with E-state index in [4.69, 9.17) is 4.74 Å². The molecule has 0 aliphatic rings. The highest BCUT2D eigenvalue weighted by Gasteiger charge is 2.14. The lowest BCUT2D eigenvalue weighted by Crippen LogP contribution is -2.26. The van der Waals surface area contributed by atoms with E-state index in [9.17, 15) is 14.4 Å². The summed E-state index contributed by atoms with van der Waals surface area (Å²) in [6.07, 6.45) is 0. The fourth-order valence-corrected chi connectivity index (χ4v) is 3.05. The van der Waals surface area contributed by atoms with E-state index in [-0.39, 0.29) is 17.8 Å². The first kappa shape index (κ1) is 23.2. The fraction of sp³-hybridized carbons (Fsp3) is 0.0769. The molecule has 0 spiro atoms. The molecule has 0 aliphatic heterocycles. The second-order valence-electron chi connectivity index (χ2n) is 7.41. The topological polar surface area (TPSA) is 115 Å². The summed E-state index contributed by atoms with van der Waals surface area (Å²) in [6, 6.07) is 27.8. The van der Waals surface area contributed by atoms with Gasteiger partial charge in [0.05, 0.1) is 17.9 Å². The maximum atomic E-state index is 12.3. The van der Waals surface area contributed by atoms with Gasteiger partial charge in [-0.25, -0.2) is 9.48 Å². The molecule has 9 nitrogen and oxygen atoms in total. The first-order chi connectivity index (χ1) is 17.1. The molecule has 9 heteroatoms. The Morgan fingerprint density at radius 2 is 1.43 bits per heavy atom. The first-order valence-electron chi connectivity index (χ1n) is 10.7. The van der Waals surface area contributed by atoms with Crippen molar-refractivity contribution in [1.82, 2.24) is 9.78 Å². The van der Waals surface area contributed by atoms with Crippen LogP contribution in [0.25, 0.3) is 0 Å². The van der Waals surface area contributed by atoms with Crippen LogP contribution in [-0.2, 0) is 16.1 Å². The monoisotopic (exact) mass is 467 g/mol. The molecule has 0 bridgehead atoms. The third-order valence-corrected chi connectivity index (χ3v) is 4.77. The summed E-state index contributed by atoms with van der Waals surface area (Å²) in [4.78, 5) is 36.6. The van der Waals surface area contributed by atoms with Crippen molar-refractivity contribution < 1.29 is 14.3 Å². The Labute approximate surface area is 200 Å². The number of carbonyl (C=O) groups excluding carboxylic acids is 2. The number of nitrogens with zero attached hydrogens (tertiary/aromatic N) is 4. The highest BCUT2D eigenvalue weighted by molar-refractivity contribution is 5.94. The average Bonchev–Trinajstić information content (AvgIpc) is 2.89. The molecule has 0 atom stereocenters. The molecule has 0 radical (unpaired) electrons. The van der Waals surface area contributed by atoms with E-state index >= 15 is 0 Å². The number of ether oxygens (including phenoxy) is 1. The highest BCUT2D eigenvalue weighted by Crippen LogP contribution is 2.20. The average molecular weight is 467 g/mol. The molecule has 174 valence electrons. The van der Waals surface area contributed by atoms with Crippen LogP contribution in [0.1, 0.15) is 16.1 Å². The van der Waals surface area contributed by atoms with Gasteiger partial charge in [0.25, 0.3) is 11.5 Å². The van der Waals surface area contributed by atoms with Crippen LogP contribution >= 0.6 is 0 Å². The van der Waals surface area contributed by atoms with Crippen molar-refractivity contribution in [2.45, 2.75) is 6.54 Å². The van der Waals surface area contributed by atoms with Crippen LogP contribution in [0.4, 0.5) is 17.1 Å². The summed E-state index contributed by atoms with van der Waals surface area (Å²) in [5, 5.41) is 15.0. The van der Waals surface area contributed by atoms with E-state index in [1.165, 1.54) is 16.8 Å². The zero-order valence-corrected chi connectivity index (χ0v) is 18.6. The minimum atomic E-state index is -0.807. The van der Waals surface area contributed by atoms with E-state index in [2.05, 4.69) is 20.6 Å². The van der Waals surface area contributed by atoms with E-state index in [0.717, 1.165) is 11.3 Å². The van der Waals surface area contributed by atoms with Crippen molar-refractivity contribution in [2.75, 3.05) is 11.9 Å². The second-order valence-corrected chi connectivity index (χ2v) is 7.41. The fourth-order valence-electron chi connectivity index (χ4n) is 3.05. The molecular weight excluding hydrogens is 446 g/mol. The van der Waals surface area contributed by atoms with Crippen LogP contribution in [0.15, 0.2) is 112 Å². The van der Waals surface area contributed by atoms with Gasteiger partial charge in [0.1, 0.15) is 0 Å². The van der Waals surface area contributed by atoms with Crippen LogP contribution in [0.5, 0.6) is 0 Å². The van der Waals surface area contributed by atoms with E-state index in [1.807, 2.05) is 60.7 Å². The van der Waals surface area contributed by atoms with Crippen LogP contribution in [0.2, 0.25) is 0 Å². The lowest BCUT2D eigenvalue weighted by Gasteiger charge is -2.08. The van der Waals surface area contributed by atoms with Crippen LogP contribution < -0.4 is 10.9 Å². The van der Waals surface area contributed by atoms with Gasteiger partial charge in [0, 0.05) is 11.8 Å². The third-order valence-electron chi connectivity index (χ3n) is 4.77. The summed E-state index contributed by atoms with van der Waals surface area (Å²) in [5.74, 6) is -1.33. The lowest BCUT2D eigenvalue weighted by atomic mass is 10.2. The van der Waals surface area contributed by atoms with Gasteiger partial charge in [-0.05, 0) is 48.0 Å². The van der Waals surface area contributed by atoms with Crippen LogP contribution in [0, 0.1) is 0 Å². The van der Waals surface area contributed by atoms with Gasteiger partial charge in [0.2, 0.25) is 0 Å². The van der Waals surface area contributed by atoms with Gasteiger partial charge in [-0.15, -0.1) is 0 Å². The molecule has 0 saturated heterocycles. The van der Waals surface area contributed by atoms with Gasteiger partial charge in [0.15, 0.2) is 12.3 Å². The Morgan fingerprint density at radius 1 is 0.800 bits per heavy atom. The molecule has 35 heavy (non-hydrogen) atoms. The molecule has 4 aromatic rings. The van der Waals surface area contributed by atoms with Crippen molar-refractivity contribution in [2.24, 2.45) is 10.2 Å². The van der Waals surface area contributed by atoms with Crippen molar-refractivity contribution >= 4 is 28.9 Å². The molecule has 0 unspecified atom stereocenters. The summed E-state index contributed by atoms with van der Waals surface area (Å²) < 4.78 is 6.23. The Kier molecular flexibility index (Phi) is 7.49. The minimum absolute atomic E-state index is 0.0681. The number of anilines is 1. The van der Waals surface area contributed by atoms with E-state index in [0.29, 0.717) is 11.4 Å². The Hall–Kier alpha value is -4.92. The molecular formula is C26H21N5O4. The van der Waals surface area contributed by atoms with Crippen LogP contribution in [-0.4, -0.2) is 28.3 Å². The largest absolute Gasteiger partial charge is 0.451 e. The molecule has 1 heterocycles. The molecule has 0 aliphatic carbocycles. The summed E-state index contributed by atoms with van der Waals surface area (Å²) in [5.41, 5.74) is 2.31. The maximum absolute atomic E-state index is 12.3. The molecule has 3 aromatic carbocycles. The van der Waals surface area contributed by atoms with E-state index < -0.39 is 18.5 Å². The van der Waals surface area contributed by atoms with Crippen molar-refractivity contribution in [3.05, 3.63) is 119 Å². The van der Waals surface area contributed by atoms with Crippen molar-refractivity contribution in [3.63, 3.8) is 0 Å². The molecule has 1 aromatic heterocycles. The standard InChI is InChI=1S/C26H21N5O4/c32-24(27-20-11-13-22(14-12-20)29-28-21-9-5-2-6-10-21)18-35-26(34)23-15-16-25(33)31(30-23)17-19-7-3-1-4-8-19/h1-16H,17-18H2,(H,27,32). The molecule has 0 saturated carbocycles. The first-order valence-corrected chi connectivity index (χ1v) is 10.7. The van der Waals surface area contributed by atoms with Gasteiger partial charge in [-0.1, -0.05) is 48.5 Å². The number of azo groups is 1. The predicted molar refractivity (Wildman–Crippen MR) is 130 cm³/mol. The number of rotatable bonds is 8. The highest BCUT2D eigenvalue weighted by atomic mass is 16.5. The summed E-state index contributed by atoms with van der Waals surface area (Å²) >= 11 is 0. The van der Waals surface area contributed by atoms with Gasteiger partial charge in [-0.3, -0.25) is 9.59 Å². The molecule has 0 fully saturated rings. The van der Waals surface area contributed by atoms with Crippen molar-refractivity contribution in [1.29, 1.82) is 0 Å². The molecule has 4 rings (SSSR count). The number of hydrogen-bond donors (Lipinski definition) is 1. The number of amides is 1. The number of benzene rings is 3. The lowest BCUT2D eigenvalue weighted by molar-refractivity contribution is -0.119. The van der Waals surface area contributed by atoms with Crippen LogP contribution in [0.3, 0.4) is 0 Å². The van der Waals surface area contributed by atoms with Gasteiger partial charge < -0.3 is 10.1 Å². The summed E-state index contributed by atoms with van der Waals surface area (Å²) in [7, 11) is 0. The number of esters is 1. The Balaban J connectivity index is 1.30.